The van der Waals surface area contributed by atoms with Gasteiger partial charge in [-0.25, -0.2) is 0 Å². The van der Waals surface area contributed by atoms with E-state index in [0.29, 0.717) is 11.8 Å². The van der Waals surface area contributed by atoms with E-state index in [-0.39, 0.29) is 6.61 Å². The molecule has 1 aliphatic carbocycles. The van der Waals surface area contributed by atoms with Gasteiger partial charge < -0.3 is 15.8 Å². The first kappa shape index (κ1) is 15.6. The molecule has 0 saturated heterocycles. The molecule has 4 nitrogen and oxygen atoms in total. The van der Waals surface area contributed by atoms with Gasteiger partial charge in [0.25, 0.3) is 5.91 Å². The van der Waals surface area contributed by atoms with E-state index in [9.17, 15) is 4.79 Å². The number of hydrogen-bond donors (Lipinski definition) is 2. The van der Waals surface area contributed by atoms with Crippen LogP contribution in [0.3, 0.4) is 0 Å². The molecule has 120 valence electrons. The molecule has 2 aromatic carbocycles. The molecule has 2 aromatic rings. The number of nitrogens with two attached hydrogens (primary N) is 1. The van der Waals surface area contributed by atoms with Crippen LogP contribution < -0.4 is 15.8 Å². The summed E-state index contributed by atoms with van der Waals surface area (Å²) in [6.07, 6.45) is 3.59. The number of aryl methyl sites for hydroxylation is 1. The number of carbonyl (C=O) groups is 1. The second kappa shape index (κ2) is 7.29. The Bertz CT molecular complexity index is 667. The Hall–Kier alpha value is -2.33. The Morgan fingerprint density at radius 1 is 1.17 bits per heavy atom. The number of hydrogen-bond acceptors (Lipinski definition) is 3. The lowest BCUT2D eigenvalue weighted by atomic mass is 9.87. The molecule has 0 aliphatic heterocycles. The summed E-state index contributed by atoms with van der Waals surface area (Å²) < 4.78 is 5.27. The highest BCUT2D eigenvalue weighted by molar-refractivity contribution is 5.75. The van der Waals surface area contributed by atoms with Crippen molar-refractivity contribution >= 4 is 5.91 Å². The molecule has 0 spiro atoms. The molecule has 1 atom stereocenters. The molecule has 0 heterocycles. The van der Waals surface area contributed by atoms with Crippen LogP contribution in [0.25, 0.3) is 0 Å². The fourth-order valence-electron chi connectivity index (χ4n) is 3.07. The summed E-state index contributed by atoms with van der Waals surface area (Å²) in [5.41, 5.74) is 9.15. The van der Waals surface area contributed by atoms with Gasteiger partial charge in [0.2, 0.25) is 0 Å². The van der Waals surface area contributed by atoms with Gasteiger partial charge in [0.05, 0.1) is 0 Å². The van der Waals surface area contributed by atoms with Gasteiger partial charge in [-0.2, -0.15) is 0 Å². The summed E-state index contributed by atoms with van der Waals surface area (Å²) in [6, 6.07) is 16.9. The molecule has 0 saturated carbocycles. The van der Waals surface area contributed by atoms with Crippen LogP contribution in [-0.4, -0.2) is 12.5 Å². The van der Waals surface area contributed by atoms with Crippen molar-refractivity contribution in [1.29, 1.82) is 0 Å². The Balaban J connectivity index is 1.58. The summed E-state index contributed by atoms with van der Waals surface area (Å²) in [6.45, 7) is 0.728. The second-order valence-corrected chi connectivity index (χ2v) is 5.92. The van der Waals surface area contributed by atoms with E-state index >= 15 is 0 Å². The van der Waals surface area contributed by atoms with Crippen molar-refractivity contribution < 1.29 is 9.53 Å². The first-order chi connectivity index (χ1) is 11.2. The van der Waals surface area contributed by atoms with Crippen LogP contribution in [0.1, 0.15) is 35.6 Å². The highest BCUT2D eigenvalue weighted by Crippen LogP contribution is 2.29. The molecule has 23 heavy (non-hydrogen) atoms. The second-order valence-electron chi connectivity index (χ2n) is 5.92. The van der Waals surface area contributed by atoms with Crippen LogP contribution in [-0.2, 0) is 17.8 Å². The third kappa shape index (κ3) is 4.11. The molecule has 1 amide bonds. The predicted octanol–water partition coefficient (Wildman–Crippen LogP) is 2.72. The fraction of sp³-hybridized carbons (Fsp3) is 0.316. The van der Waals surface area contributed by atoms with Crippen LogP contribution in [0.2, 0.25) is 0 Å². The van der Waals surface area contributed by atoms with Gasteiger partial charge in [-0.15, -0.1) is 0 Å². The number of rotatable bonds is 6. The smallest absolute Gasteiger partial charge is 0.255 e. The van der Waals surface area contributed by atoms with E-state index in [2.05, 4.69) is 29.6 Å². The average molecular weight is 310 g/mol. The summed E-state index contributed by atoms with van der Waals surface area (Å²) in [5.74, 6) is 0.197. The van der Waals surface area contributed by atoms with Crippen LogP contribution in [0, 0.1) is 0 Å². The van der Waals surface area contributed by atoms with Gasteiger partial charge in [0.15, 0.2) is 6.61 Å². The van der Waals surface area contributed by atoms with Gasteiger partial charge in [0, 0.05) is 12.6 Å². The topological polar surface area (TPSA) is 64.4 Å². The van der Waals surface area contributed by atoms with Crippen molar-refractivity contribution in [3.8, 4) is 5.75 Å². The number of amides is 1. The molecule has 1 aliphatic rings. The maximum Gasteiger partial charge on any atom is 0.255 e. The third-order valence-corrected chi connectivity index (χ3v) is 4.23. The van der Waals surface area contributed by atoms with E-state index in [4.69, 9.17) is 10.5 Å². The lowest BCUT2D eigenvalue weighted by molar-refractivity contribution is -0.119. The number of carbonyl (C=O) groups excluding carboxylic acids is 1. The van der Waals surface area contributed by atoms with Crippen LogP contribution in [0.4, 0.5) is 0 Å². The van der Waals surface area contributed by atoms with Crippen molar-refractivity contribution in [3.05, 3.63) is 65.2 Å². The fourth-order valence-corrected chi connectivity index (χ4v) is 3.07. The van der Waals surface area contributed by atoms with Gasteiger partial charge in [-0.1, -0.05) is 36.4 Å². The Morgan fingerprint density at radius 2 is 1.96 bits per heavy atom. The molecule has 0 fully saturated rings. The minimum absolute atomic E-state index is 0.0869. The van der Waals surface area contributed by atoms with Gasteiger partial charge in [0.1, 0.15) is 5.75 Å². The predicted molar refractivity (Wildman–Crippen MR) is 90.1 cm³/mol. The average Bonchev–Trinajstić information content (AvgIpc) is 2.59. The number of primary amides is 1. The zero-order valence-corrected chi connectivity index (χ0v) is 13.1. The monoisotopic (exact) mass is 310 g/mol. The lowest BCUT2D eigenvalue weighted by Crippen LogP contribution is -2.24. The van der Waals surface area contributed by atoms with Crippen LogP contribution in [0.15, 0.2) is 48.5 Å². The Morgan fingerprint density at radius 3 is 2.74 bits per heavy atom. The van der Waals surface area contributed by atoms with E-state index in [0.717, 1.165) is 6.54 Å². The molecule has 3 rings (SSSR count). The largest absolute Gasteiger partial charge is 0.484 e. The first-order valence-corrected chi connectivity index (χ1v) is 8.03. The number of ether oxygens (including phenoxy) is 1. The zero-order chi connectivity index (χ0) is 16.1. The third-order valence-electron chi connectivity index (χ3n) is 4.23. The van der Waals surface area contributed by atoms with Gasteiger partial charge in [-0.05, 0) is 48.1 Å². The molecule has 0 radical (unpaired) electrons. The maximum atomic E-state index is 10.7. The molecule has 3 N–H and O–H groups in total. The Kier molecular flexibility index (Phi) is 4.93. The molecule has 1 unspecified atom stereocenters. The van der Waals surface area contributed by atoms with E-state index in [1.807, 2.05) is 24.3 Å². The highest BCUT2D eigenvalue weighted by atomic mass is 16.5. The number of fused-ring (bicyclic) bond motifs is 1. The minimum Gasteiger partial charge on any atom is -0.484 e. The minimum atomic E-state index is -0.466. The summed E-state index contributed by atoms with van der Waals surface area (Å²) in [5, 5.41) is 3.65. The van der Waals surface area contributed by atoms with Gasteiger partial charge in [-0.3, -0.25) is 4.79 Å². The number of benzene rings is 2. The quantitative estimate of drug-likeness (QED) is 0.862. The Labute approximate surface area is 136 Å². The molecule has 0 aromatic heterocycles. The summed E-state index contributed by atoms with van der Waals surface area (Å²) >= 11 is 0. The first-order valence-electron chi connectivity index (χ1n) is 8.03. The van der Waals surface area contributed by atoms with Crippen molar-refractivity contribution in [2.45, 2.75) is 31.8 Å². The normalized spacial score (nSPS) is 16.6. The lowest BCUT2D eigenvalue weighted by Gasteiger charge is -2.26. The zero-order valence-electron chi connectivity index (χ0n) is 13.1. The van der Waals surface area contributed by atoms with Gasteiger partial charge >= 0.3 is 0 Å². The van der Waals surface area contributed by atoms with E-state index in [1.54, 1.807) is 0 Å². The standard InChI is InChI=1S/C19H22N2O2/c20-19(22)13-23-16-10-8-14(9-11-16)12-21-18-7-3-5-15-4-1-2-6-17(15)18/h1-2,4,6,8-11,18,21H,3,5,7,12-13H2,(H2,20,22). The molecular formula is C19H22N2O2. The van der Waals surface area contributed by atoms with Crippen molar-refractivity contribution in [3.63, 3.8) is 0 Å². The molecular weight excluding hydrogens is 288 g/mol. The maximum absolute atomic E-state index is 10.7. The number of nitrogens with one attached hydrogen (secondary N) is 1. The van der Waals surface area contributed by atoms with Crippen molar-refractivity contribution in [2.24, 2.45) is 5.73 Å². The summed E-state index contributed by atoms with van der Waals surface area (Å²) in [7, 11) is 0. The summed E-state index contributed by atoms with van der Waals surface area (Å²) in [4.78, 5) is 10.7. The van der Waals surface area contributed by atoms with Crippen LogP contribution >= 0.6 is 0 Å². The SMILES string of the molecule is NC(=O)COc1ccc(CNC2CCCc3ccccc32)cc1. The van der Waals surface area contributed by atoms with E-state index in [1.165, 1.54) is 36.0 Å². The van der Waals surface area contributed by atoms with Crippen molar-refractivity contribution in [1.82, 2.24) is 5.32 Å². The highest BCUT2D eigenvalue weighted by Gasteiger charge is 2.18. The van der Waals surface area contributed by atoms with E-state index < -0.39 is 5.91 Å². The molecule has 4 heteroatoms. The molecule has 0 bridgehead atoms. The van der Waals surface area contributed by atoms with Crippen LogP contribution in [0.5, 0.6) is 5.75 Å². The van der Waals surface area contributed by atoms with Crippen molar-refractivity contribution in [2.75, 3.05) is 6.61 Å².